The first-order valence-electron chi connectivity index (χ1n) is 11.7. The van der Waals surface area contributed by atoms with Crippen LogP contribution in [0.25, 0.3) is 0 Å². The number of ether oxygens (including phenoxy) is 3. The van der Waals surface area contributed by atoms with Crippen molar-refractivity contribution in [1.29, 1.82) is 0 Å². The van der Waals surface area contributed by atoms with Crippen LogP contribution in [0.1, 0.15) is 64.9 Å². The highest BCUT2D eigenvalue weighted by Gasteiger charge is 2.51. The van der Waals surface area contributed by atoms with Crippen molar-refractivity contribution in [2.45, 2.75) is 64.8 Å². The molecule has 4 aliphatic carbocycles. The van der Waals surface area contributed by atoms with Crippen LogP contribution >= 0.6 is 12.2 Å². The smallest absolute Gasteiger partial charge is 0.187 e. The van der Waals surface area contributed by atoms with Gasteiger partial charge in [-0.25, -0.2) is 0 Å². The third-order valence-electron chi connectivity index (χ3n) is 6.76. The van der Waals surface area contributed by atoms with Crippen LogP contribution in [0.3, 0.4) is 0 Å². The molecule has 0 aliphatic heterocycles. The largest absolute Gasteiger partial charge is 0.493 e. The summed E-state index contributed by atoms with van der Waals surface area (Å²) in [6.45, 7) is 7.54. The van der Waals surface area contributed by atoms with Gasteiger partial charge in [-0.15, -0.1) is 0 Å². The summed E-state index contributed by atoms with van der Waals surface area (Å²) in [5.41, 5.74) is 4.02. The zero-order valence-corrected chi connectivity index (χ0v) is 19.7. The molecule has 4 fully saturated rings. The maximum absolute atomic E-state index is 5.80. The van der Waals surface area contributed by atoms with Gasteiger partial charge in [-0.1, -0.05) is 0 Å². The van der Waals surface area contributed by atoms with E-state index in [4.69, 9.17) is 26.4 Å². The fraction of sp³-hybridized carbons (Fsp3) is 0.667. The number of rotatable bonds is 9. The number of hydrazone groups is 1. The minimum Gasteiger partial charge on any atom is -0.493 e. The lowest BCUT2D eigenvalue weighted by molar-refractivity contribution is -0.0101. The van der Waals surface area contributed by atoms with Crippen LogP contribution in [-0.2, 0) is 0 Å². The second-order valence-corrected chi connectivity index (χ2v) is 9.57. The quantitative estimate of drug-likeness (QED) is 0.328. The number of nitrogens with zero attached hydrogens (tertiary/aromatic N) is 1. The molecule has 0 unspecified atom stereocenters. The molecule has 2 N–H and O–H groups in total. The Morgan fingerprint density at radius 1 is 0.935 bits per heavy atom. The Balaban J connectivity index is 1.43. The monoisotopic (exact) mass is 445 g/mol. The van der Waals surface area contributed by atoms with Gasteiger partial charge in [0.05, 0.1) is 26.0 Å². The van der Waals surface area contributed by atoms with Crippen molar-refractivity contribution in [2.24, 2.45) is 22.9 Å². The predicted molar refractivity (Wildman–Crippen MR) is 127 cm³/mol. The number of hydrogen-bond donors (Lipinski definition) is 2. The minimum absolute atomic E-state index is 0.173. The normalized spacial score (nSPS) is 28.5. The Labute approximate surface area is 191 Å². The third-order valence-corrected chi connectivity index (χ3v) is 6.96. The summed E-state index contributed by atoms with van der Waals surface area (Å²) in [6, 6.07) is 3.77. The summed E-state index contributed by atoms with van der Waals surface area (Å²) in [6.07, 6.45) is 9.72. The van der Waals surface area contributed by atoms with Gasteiger partial charge in [-0.3, -0.25) is 5.43 Å². The lowest BCUT2D eigenvalue weighted by Crippen LogP contribution is -2.61. The molecular weight excluding hydrogens is 410 g/mol. The van der Waals surface area contributed by atoms with Crippen molar-refractivity contribution < 1.29 is 14.2 Å². The molecule has 4 saturated carbocycles. The molecule has 0 radical (unpaired) electrons. The Morgan fingerprint density at radius 3 is 2.00 bits per heavy atom. The van der Waals surface area contributed by atoms with Gasteiger partial charge in [-0.2, -0.15) is 5.10 Å². The van der Waals surface area contributed by atoms with E-state index < -0.39 is 0 Å². The van der Waals surface area contributed by atoms with Gasteiger partial charge in [-0.05, 0) is 95.3 Å². The van der Waals surface area contributed by atoms with Gasteiger partial charge < -0.3 is 19.5 Å². The Hall–Kier alpha value is -2.02. The molecule has 5 rings (SSSR count). The zero-order chi connectivity index (χ0) is 21.8. The zero-order valence-electron chi connectivity index (χ0n) is 18.9. The first-order chi connectivity index (χ1) is 15.0. The Morgan fingerprint density at radius 2 is 1.45 bits per heavy atom. The molecule has 1 aromatic carbocycles. The number of benzene rings is 1. The average Bonchev–Trinajstić information content (AvgIpc) is 2.70. The van der Waals surface area contributed by atoms with Crippen molar-refractivity contribution in [3.05, 3.63) is 17.7 Å². The van der Waals surface area contributed by atoms with Gasteiger partial charge in [0.2, 0.25) is 0 Å². The van der Waals surface area contributed by atoms with Crippen LogP contribution in [0, 0.1) is 17.8 Å². The summed E-state index contributed by atoms with van der Waals surface area (Å²) in [5.74, 6) is 4.69. The van der Waals surface area contributed by atoms with Crippen molar-refractivity contribution in [3.8, 4) is 17.2 Å². The molecular formula is C24H35N3O3S. The van der Waals surface area contributed by atoms with Crippen LogP contribution in [0.5, 0.6) is 17.2 Å². The number of hydrogen-bond acceptors (Lipinski definition) is 5. The molecule has 0 amide bonds. The molecule has 1 aromatic rings. The van der Waals surface area contributed by atoms with E-state index in [1.807, 2.05) is 32.9 Å². The Kier molecular flexibility index (Phi) is 6.89. The molecule has 0 heterocycles. The van der Waals surface area contributed by atoms with Crippen LogP contribution in [-0.4, -0.2) is 36.7 Å². The van der Waals surface area contributed by atoms with Crippen molar-refractivity contribution in [2.75, 3.05) is 19.8 Å². The fourth-order valence-corrected chi connectivity index (χ4v) is 6.44. The van der Waals surface area contributed by atoms with Gasteiger partial charge in [0.1, 0.15) is 5.75 Å². The average molecular weight is 446 g/mol. The molecule has 4 bridgehead atoms. The maximum Gasteiger partial charge on any atom is 0.187 e. The topological polar surface area (TPSA) is 64.1 Å². The first kappa shape index (κ1) is 22.2. The van der Waals surface area contributed by atoms with E-state index in [1.54, 1.807) is 6.21 Å². The standard InChI is InChI=1S/C24H35N3O3S/c1-4-28-20-11-22(30-6-3)21(29-5-2)10-19(20)15-25-27-23(31)26-24-12-16-7-17(13-24)9-18(8-16)14-24/h10-11,15-18H,4-9,12-14H2,1-3H3,(H2,26,27,31). The van der Waals surface area contributed by atoms with Gasteiger partial charge >= 0.3 is 0 Å². The molecule has 31 heavy (non-hydrogen) atoms. The van der Waals surface area contributed by atoms with Gasteiger partial charge in [0.15, 0.2) is 16.6 Å². The predicted octanol–water partition coefficient (Wildman–Crippen LogP) is 4.65. The van der Waals surface area contributed by atoms with E-state index in [-0.39, 0.29) is 5.54 Å². The molecule has 0 saturated heterocycles. The van der Waals surface area contributed by atoms with E-state index in [9.17, 15) is 0 Å². The third kappa shape index (κ3) is 5.08. The fourth-order valence-electron chi connectivity index (χ4n) is 6.17. The number of nitrogens with one attached hydrogen (secondary N) is 2. The van der Waals surface area contributed by atoms with E-state index in [0.717, 1.165) is 23.3 Å². The molecule has 4 aliphatic rings. The van der Waals surface area contributed by atoms with Crippen molar-refractivity contribution in [3.63, 3.8) is 0 Å². The second-order valence-electron chi connectivity index (χ2n) is 9.16. The summed E-state index contributed by atoms with van der Waals surface area (Å²) >= 11 is 5.60. The van der Waals surface area contributed by atoms with E-state index in [0.29, 0.717) is 42.2 Å². The van der Waals surface area contributed by atoms with E-state index in [2.05, 4.69) is 15.8 Å². The van der Waals surface area contributed by atoms with E-state index in [1.165, 1.54) is 38.5 Å². The maximum atomic E-state index is 5.80. The molecule has 7 heteroatoms. The van der Waals surface area contributed by atoms with Crippen LogP contribution < -0.4 is 25.0 Å². The van der Waals surface area contributed by atoms with Crippen LogP contribution in [0.4, 0.5) is 0 Å². The highest BCUT2D eigenvalue weighted by molar-refractivity contribution is 7.80. The highest BCUT2D eigenvalue weighted by Crippen LogP contribution is 2.55. The molecule has 6 nitrogen and oxygen atoms in total. The van der Waals surface area contributed by atoms with Crippen LogP contribution in [0.15, 0.2) is 17.2 Å². The van der Waals surface area contributed by atoms with Gasteiger partial charge in [0, 0.05) is 17.2 Å². The van der Waals surface area contributed by atoms with Crippen molar-refractivity contribution >= 4 is 23.5 Å². The summed E-state index contributed by atoms with van der Waals surface area (Å²) in [7, 11) is 0. The molecule has 170 valence electrons. The van der Waals surface area contributed by atoms with Gasteiger partial charge in [0.25, 0.3) is 0 Å². The minimum atomic E-state index is 0.173. The first-order valence-corrected chi connectivity index (χ1v) is 12.1. The molecule has 0 atom stereocenters. The lowest BCUT2D eigenvalue weighted by atomic mass is 9.53. The van der Waals surface area contributed by atoms with E-state index >= 15 is 0 Å². The molecule has 0 aromatic heterocycles. The summed E-state index contributed by atoms with van der Waals surface area (Å²) < 4.78 is 17.3. The SMILES string of the molecule is CCOc1cc(OCC)c(OCC)cc1C=NNC(=S)NC12CC3CC(CC(C3)C1)C2. The summed E-state index contributed by atoms with van der Waals surface area (Å²) in [4.78, 5) is 0. The van der Waals surface area contributed by atoms with Crippen LogP contribution in [0.2, 0.25) is 0 Å². The second kappa shape index (κ2) is 9.63. The number of thiocarbonyl (C=S) groups is 1. The Bertz CT molecular complexity index is 791. The highest BCUT2D eigenvalue weighted by atomic mass is 32.1. The summed E-state index contributed by atoms with van der Waals surface area (Å²) in [5, 5.41) is 8.65. The molecule has 0 spiro atoms. The van der Waals surface area contributed by atoms with Crippen molar-refractivity contribution in [1.82, 2.24) is 10.7 Å². The lowest BCUT2D eigenvalue weighted by Gasteiger charge is -2.57.